The first kappa shape index (κ1) is 8.38. The third-order valence-electron chi connectivity index (χ3n) is 2.49. The van der Waals surface area contributed by atoms with Crippen molar-refractivity contribution in [3.05, 3.63) is 23.5 Å². The van der Waals surface area contributed by atoms with Crippen LogP contribution in [0.3, 0.4) is 0 Å². The summed E-state index contributed by atoms with van der Waals surface area (Å²) in [6.45, 7) is 4.17. The molecule has 1 aliphatic rings. The van der Waals surface area contributed by atoms with E-state index in [0.29, 0.717) is 5.92 Å². The van der Waals surface area contributed by atoms with Gasteiger partial charge in [0.15, 0.2) is 0 Å². The van der Waals surface area contributed by atoms with Crippen molar-refractivity contribution in [2.24, 2.45) is 5.92 Å². The lowest BCUT2D eigenvalue weighted by molar-refractivity contribution is 0.442. The molecule has 11 heavy (non-hydrogen) atoms. The SMILES string of the molecule is CC1=CC[C@@H](C(C)=CO)CC1. The molecule has 0 aromatic rings. The summed E-state index contributed by atoms with van der Waals surface area (Å²) in [4.78, 5) is 0. The van der Waals surface area contributed by atoms with Crippen LogP contribution in [-0.4, -0.2) is 5.11 Å². The van der Waals surface area contributed by atoms with Crippen molar-refractivity contribution in [1.29, 1.82) is 0 Å². The quantitative estimate of drug-likeness (QED) is 0.452. The molecule has 1 heteroatoms. The van der Waals surface area contributed by atoms with E-state index >= 15 is 0 Å². The molecule has 0 heterocycles. The van der Waals surface area contributed by atoms with Crippen molar-refractivity contribution >= 4 is 0 Å². The van der Waals surface area contributed by atoms with E-state index < -0.39 is 0 Å². The lowest BCUT2D eigenvalue weighted by Crippen LogP contribution is -2.05. The van der Waals surface area contributed by atoms with Crippen LogP contribution in [0.25, 0.3) is 0 Å². The van der Waals surface area contributed by atoms with Crippen LogP contribution < -0.4 is 0 Å². The predicted molar refractivity (Wildman–Crippen MR) is 47.5 cm³/mol. The molecular weight excluding hydrogens is 136 g/mol. The average molecular weight is 152 g/mol. The zero-order valence-corrected chi connectivity index (χ0v) is 7.30. The van der Waals surface area contributed by atoms with Crippen LogP contribution in [-0.2, 0) is 0 Å². The van der Waals surface area contributed by atoms with Gasteiger partial charge in [-0.25, -0.2) is 0 Å². The number of hydrogen-bond donors (Lipinski definition) is 1. The molecule has 0 fully saturated rings. The number of aliphatic hydroxyl groups is 1. The molecule has 0 aromatic heterocycles. The summed E-state index contributed by atoms with van der Waals surface area (Å²) in [5, 5.41) is 8.77. The summed E-state index contributed by atoms with van der Waals surface area (Å²) in [5.41, 5.74) is 2.61. The van der Waals surface area contributed by atoms with E-state index in [1.807, 2.05) is 6.92 Å². The van der Waals surface area contributed by atoms with Gasteiger partial charge in [-0.15, -0.1) is 0 Å². The van der Waals surface area contributed by atoms with E-state index in [1.54, 1.807) is 0 Å². The van der Waals surface area contributed by atoms with Crippen LogP contribution in [0.5, 0.6) is 0 Å². The molecular formula is C10H16O. The van der Waals surface area contributed by atoms with Crippen molar-refractivity contribution in [3.63, 3.8) is 0 Å². The van der Waals surface area contributed by atoms with Crippen LogP contribution in [0.1, 0.15) is 33.1 Å². The molecule has 62 valence electrons. The maximum atomic E-state index is 8.77. The van der Waals surface area contributed by atoms with Gasteiger partial charge < -0.3 is 5.11 Å². The fourth-order valence-corrected chi connectivity index (χ4v) is 1.48. The second kappa shape index (κ2) is 3.61. The first-order chi connectivity index (χ1) is 5.24. The van der Waals surface area contributed by atoms with E-state index in [9.17, 15) is 0 Å². The van der Waals surface area contributed by atoms with Crippen LogP contribution >= 0.6 is 0 Å². The third kappa shape index (κ3) is 2.11. The Morgan fingerprint density at radius 2 is 2.45 bits per heavy atom. The highest BCUT2D eigenvalue weighted by Crippen LogP contribution is 2.28. The fourth-order valence-electron chi connectivity index (χ4n) is 1.48. The highest BCUT2D eigenvalue weighted by atomic mass is 16.2. The summed E-state index contributed by atoms with van der Waals surface area (Å²) < 4.78 is 0. The Kier molecular flexibility index (Phi) is 2.75. The van der Waals surface area contributed by atoms with Gasteiger partial charge in [0.05, 0.1) is 6.26 Å². The van der Waals surface area contributed by atoms with Crippen LogP contribution in [0.4, 0.5) is 0 Å². The van der Waals surface area contributed by atoms with Crippen LogP contribution in [0.2, 0.25) is 0 Å². The van der Waals surface area contributed by atoms with Gasteiger partial charge >= 0.3 is 0 Å². The molecule has 0 aromatic carbocycles. The Labute approximate surface area is 68.4 Å². The zero-order valence-electron chi connectivity index (χ0n) is 7.30. The second-order valence-electron chi connectivity index (χ2n) is 3.39. The summed E-state index contributed by atoms with van der Waals surface area (Å²) in [6, 6.07) is 0. The van der Waals surface area contributed by atoms with E-state index in [-0.39, 0.29) is 0 Å². The van der Waals surface area contributed by atoms with Gasteiger partial charge in [-0.05, 0) is 44.6 Å². The lowest BCUT2D eigenvalue weighted by Gasteiger charge is -2.20. The maximum Gasteiger partial charge on any atom is 0.0783 e. The van der Waals surface area contributed by atoms with E-state index in [4.69, 9.17) is 5.11 Å². The van der Waals surface area contributed by atoms with Gasteiger partial charge in [-0.1, -0.05) is 11.6 Å². The summed E-state index contributed by atoms with van der Waals surface area (Å²) in [7, 11) is 0. The molecule has 1 N–H and O–H groups in total. The van der Waals surface area contributed by atoms with Gasteiger partial charge in [0.2, 0.25) is 0 Å². The Bertz CT molecular complexity index is 189. The minimum absolute atomic E-state index is 0.587. The molecule has 0 bridgehead atoms. The highest BCUT2D eigenvalue weighted by molar-refractivity contribution is 5.10. The van der Waals surface area contributed by atoms with Crippen molar-refractivity contribution in [3.8, 4) is 0 Å². The number of rotatable bonds is 1. The predicted octanol–water partition coefficient (Wildman–Crippen LogP) is 3.19. The molecule has 1 rings (SSSR count). The smallest absolute Gasteiger partial charge is 0.0783 e. The average Bonchev–Trinajstić information content (AvgIpc) is 2.05. The van der Waals surface area contributed by atoms with Gasteiger partial charge in [0.25, 0.3) is 0 Å². The zero-order chi connectivity index (χ0) is 8.27. The van der Waals surface area contributed by atoms with Crippen molar-refractivity contribution in [2.75, 3.05) is 0 Å². The standard InChI is InChI=1S/C10H16O/c1-8-3-5-10(6-4-8)9(2)7-11/h3,7,10-11H,4-6H2,1-2H3/t10-/m1/s1. The van der Waals surface area contributed by atoms with Crippen LogP contribution in [0.15, 0.2) is 23.5 Å². The fraction of sp³-hybridized carbons (Fsp3) is 0.600. The Hall–Kier alpha value is -0.720. The van der Waals surface area contributed by atoms with E-state index in [2.05, 4.69) is 13.0 Å². The summed E-state index contributed by atoms with van der Waals surface area (Å²) in [5.74, 6) is 0.587. The van der Waals surface area contributed by atoms with E-state index in [1.165, 1.54) is 24.7 Å². The van der Waals surface area contributed by atoms with Crippen molar-refractivity contribution in [2.45, 2.75) is 33.1 Å². The molecule has 0 aliphatic heterocycles. The number of allylic oxidation sites excluding steroid dienone is 3. The first-order valence-electron chi connectivity index (χ1n) is 4.20. The van der Waals surface area contributed by atoms with Crippen LogP contribution in [0, 0.1) is 5.92 Å². The largest absolute Gasteiger partial charge is 0.516 e. The first-order valence-corrected chi connectivity index (χ1v) is 4.20. The Balaban J connectivity index is 2.54. The molecule has 1 nitrogen and oxygen atoms in total. The topological polar surface area (TPSA) is 20.2 Å². The number of aliphatic hydroxyl groups excluding tert-OH is 1. The molecule has 0 saturated heterocycles. The second-order valence-corrected chi connectivity index (χ2v) is 3.39. The Morgan fingerprint density at radius 3 is 2.91 bits per heavy atom. The minimum Gasteiger partial charge on any atom is -0.516 e. The molecule has 0 radical (unpaired) electrons. The van der Waals surface area contributed by atoms with Gasteiger partial charge in [0, 0.05) is 0 Å². The molecule has 0 spiro atoms. The summed E-state index contributed by atoms with van der Waals surface area (Å²) >= 11 is 0. The normalized spacial score (nSPS) is 26.5. The van der Waals surface area contributed by atoms with Gasteiger partial charge in [-0.2, -0.15) is 0 Å². The lowest BCUT2D eigenvalue weighted by atomic mass is 9.86. The monoisotopic (exact) mass is 152 g/mol. The maximum absolute atomic E-state index is 8.77. The molecule has 1 atom stereocenters. The van der Waals surface area contributed by atoms with Crippen molar-refractivity contribution < 1.29 is 5.11 Å². The Morgan fingerprint density at radius 1 is 1.73 bits per heavy atom. The van der Waals surface area contributed by atoms with Gasteiger partial charge in [-0.3, -0.25) is 0 Å². The molecule has 0 saturated carbocycles. The van der Waals surface area contributed by atoms with Gasteiger partial charge in [0.1, 0.15) is 0 Å². The molecule has 1 aliphatic carbocycles. The summed E-state index contributed by atoms with van der Waals surface area (Å²) in [6.07, 6.45) is 7.02. The number of hydrogen-bond acceptors (Lipinski definition) is 1. The minimum atomic E-state index is 0.587. The van der Waals surface area contributed by atoms with E-state index in [0.717, 1.165) is 12.0 Å². The third-order valence-corrected chi connectivity index (χ3v) is 2.49. The molecule has 0 amide bonds. The highest BCUT2D eigenvalue weighted by Gasteiger charge is 2.13. The van der Waals surface area contributed by atoms with Crippen molar-refractivity contribution in [1.82, 2.24) is 0 Å². The molecule has 0 unspecified atom stereocenters.